The van der Waals surface area contributed by atoms with Gasteiger partial charge >= 0.3 is 0 Å². The maximum absolute atomic E-state index is 5.77. The predicted octanol–water partition coefficient (Wildman–Crippen LogP) is 1.67. The van der Waals surface area contributed by atoms with Crippen molar-refractivity contribution in [3.05, 3.63) is 23.5 Å². The molecule has 2 N–H and O–H groups in total. The van der Waals surface area contributed by atoms with Gasteiger partial charge in [-0.25, -0.2) is 9.97 Å². The van der Waals surface area contributed by atoms with Crippen LogP contribution in [-0.4, -0.2) is 16.6 Å². The standard InChI is InChI=1S/C8H10ClN3O/c1-2-3-4-13-8-6(9)7(10)11-5-12-8/h2-3,5H,4H2,1H3,(H2,10,11,12)/b3-2+. The van der Waals surface area contributed by atoms with E-state index in [0.717, 1.165) is 0 Å². The third-order valence-corrected chi connectivity index (χ3v) is 1.69. The summed E-state index contributed by atoms with van der Waals surface area (Å²) in [5.41, 5.74) is 5.44. The van der Waals surface area contributed by atoms with Gasteiger partial charge in [0.1, 0.15) is 23.8 Å². The molecular weight excluding hydrogens is 190 g/mol. The number of hydrogen-bond acceptors (Lipinski definition) is 4. The van der Waals surface area contributed by atoms with Crippen LogP contribution in [0.25, 0.3) is 0 Å². The van der Waals surface area contributed by atoms with Crippen molar-refractivity contribution in [1.82, 2.24) is 9.97 Å². The predicted molar refractivity (Wildman–Crippen MR) is 51.8 cm³/mol. The average Bonchev–Trinajstić information content (AvgIpc) is 2.13. The molecular formula is C8H10ClN3O. The highest BCUT2D eigenvalue weighted by atomic mass is 35.5. The normalized spacial score (nSPS) is 10.6. The molecule has 0 unspecified atom stereocenters. The van der Waals surface area contributed by atoms with Gasteiger partial charge in [-0.1, -0.05) is 23.8 Å². The minimum Gasteiger partial charge on any atom is -0.472 e. The van der Waals surface area contributed by atoms with Crippen LogP contribution in [0.2, 0.25) is 5.02 Å². The van der Waals surface area contributed by atoms with Gasteiger partial charge in [0.15, 0.2) is 0 Å². The van der Waals surface area contributed by atoms with E-state index in [9.17, 15) is 0 Å². The van der Waals surface area contributed by atoms with Crippen molar-refractivity contribution < 1.29 is 4.74 Å². The summed E-state index contributed by atoms with van der Waals surface area (Å²) in [6.07, 6.45) is 5.03. The Morgan fingerprint density at radius 2 is 2.38 bits per heavy atom. The molecule has 5 heteroatoms. The fourth-order valence-corrected chi connectivity index (χ4v) is 0.842. The Bertz CT molecular complexity index is 314. The topological polar surface area (TPSA) is 61.0 Å². The van der Waals surface area contributed by atoms with Crippen LogP contribution < -0.4 is 10.5 Å². The molecule has 0 bridgehead atoms. The van der Waals surface area contributed by atoms with Crippen molar-refractivity contribution in [2.45, 2.75) is 6.92 Å². The summed E-state index contributed by atoms with van der Waals surface area (Å²) >= 11 is 5.77. The number of nitrogen functional groups attached to an aromatic ring is 1. The van der Waals surface area contributed by atoms with E-state index in [-0.39, 0.29) is 10.8 Å². The molecule has 0 radical (unpaired) electrons. The Kier molecular flexibility index (Phi) is 3.52. The van der Waals surface area contributed by atoms with E-state index in [2.05, 4.69) is 9.97 Å². The summed E-state index contributed by atoms with van der Waals surface area (Å²) in [5.74, 6) is 0.541. The molecule has 0 atom stereocenters. The lowest BCUT2D eigenvalue weighted by Gasteiger charge is -2.04. The number of nitrogens with two attached hydrogens (primary N) is 1. The van der Waals surface area contributed by atoms with Gasteiger partial charge < -0.3 is 10.5 Å². The first-order valence-electron chi connectivity index (χ1n) is 3.75. The molecule has 1 aromatic heterocycles. The van der Waals surface area contributed by atoms with Crippen LogP contribution in [-0.2, 0) is 0 Å². The fourth-order valence-electron chi connectivity index (χ4n) is 0.690. The van der Waals surface area contributed by atoms with E-state index in [1.165, 1.54) is 6.33 Å². The van der Waals surface area contributed by atoms with Gasteiger partial charge in [0.2, 0.25) is 5.88 Å². The molecule has 0 amide bonds. The third kappa shape index (κ3) is 2.59. The highest BCUT2D eigenvalue weighted by Crippen LogP contribution is 2.24. The minimum absolute atomic E-state index is 0.229. The number of allylic oxidation sites excluding steroid dienone is 1. The minimum atomic E-state index is 0.229. The molecule has 4 nitrogen and oxygen atoms in total. The number of ether oxygens (including phenoxy) is 1. The number of nitrogens with zero attached hydrogens (tertiary/aromatic N) is 2. The molecule has 0 saturated carbocycles. The molecule has 0 aromatic carbocycles. The van der Waals surface area contributed by atoms with Crippen molar-refractivity contribution in [3.8, 4) is 5.88 Å². The Morgan fingerprint density at radius 1 is 1.62 bits per heavy atom. The van der Waals surface area contributed by atoms with Gasteiger partial charge in [-0.05, 0) is 6.92 Å². The maximum atomic E-state index is 5.77. The lowest BCUT2D eigenvalue weighted by Crippen LogP contribution is -2.00. The summed E-state index contributed by atoms with van der Waals surface area (Å²) in [4.78, 5) is 7.54. The van der Waals surface area contributed by atoms with Crippen molar-refractivity contribution >= 4 is 17.4 Å². The van der Waals surface area contributed by atoms with E-state index in [4.69, 9.17) is 22.1 Å². The van der Waals surface area contributed by atoms with Gasteiger partial charge in [0, 0.05) is 0 Å². The molecule has 0 aliphatic rings. The molecule has 1 rings (SSSR count). The summed E-state index contributed by atoms with van der Waals surface area (Å²) in [6, 6.07) is 0. The first-order chi connectivity index (χ1) is 6.25. The molecule has 0 aliphatic carbocycles. The Labute approximate surface area is 81.4 Å². The van der Waals surface area contributed by atoms with Crippen LogP contribution >= 0.6 is 11.6 Å². The number of halogens is 1. The highest BCUT2D eigenvalue weighted by molar-refractivity contribution is 6.33. The van der Waals surface area contributed by atoms with Crippen LogP contribution in [0.3, 0.4) is 0 Å². The molecule has 13 heavy (non-hydrogen) atoms. The van der Waals surface area contributed by atoms with Crippen LogP contribution in [0.1, 0.15) is 6.92 Å². The van der Waals surface area contributed by atoms with Gasteiger partial charge in [-0.15, -0.1) is 0 Å². The van der Waals surface area contributed by atoms with Crippen LogP contribution in [0, 0.1) is 0 Å². The molecule has 70 valence electrons. The molecule has 0 aliphatic heterocycles. The zero-order chi connectivity index (χ0) is 9.68. The Balaban J connectivity index is 2.71. The van der Waals surface area contributed by atoms with Crippen LogP contribution in [0.4, 0.5) is 5.82 Å². The van der Waals surface area contributed by atoms with Gasteiger partial charge in [-0.2, -0.15) is 0 Å². The second-order valence-electron chi connectivity index (χ2n) is 2.26. The van der Waals surface area contributed by atoms with E-state index in [1.54, 1.807) is 0 Å². The van der Waals surface area contributed by atoms with E-state index in [0.29, 0.717) is 12.5 Å². The zero-order valence-electron chi connectivity index (χ0n) is 7.20. The van der Waals surface area contributed by atoms with E-state index >= 15 is 0 Å². The first-order valence-corrected chi connectivity index (χ1v) is 4.13. The molecule has 1 aromatic rings. The second kappa shape index (κ2) is 4.67. The smallest absolute Gasteiger partial charge is 0.238 e. The van der Waals surface area contributed by atoms with E-state index < -0.39 is 0 Å². The number of aromatic nitrogens is 2. The summed E-state index contributed by atoms with van der Waals surface area (Å²) in [6.45, 7) is 2.33. The zero-order valence-corrected chi connectivity index (χ0v) is 7.95. The first kappa shape index (κ1) is 9.80. The maximum Gasteiger partial charge on any atom is 0.238 e. The molecule has 0 fully saturated rings. The largest absolute Gasteiger partial charge is 0.472 e. The third-order valence-electron chi connectivity index (χ3n) is 1.34. The van der Waals surface area contributed by atoms with Gasteiger partial charge in [-0.3, -0.25) is 0 Å². The van der Waals surface area contributed by atoms with Crippen LogP contribution in [0.5, 0.6) is 5.88 Å². The summed E-state index contributed by atoms with van der Waals surface area (Å²) in [5, 5.41) is 0.256. The molecule has 1 heterocycles. The van der Waals surface area contributed by atoms with Gasteiger partial charge in [0.05, 0.1) is 0 Å². The van der Waals surface area contributed by atoms with Crippen molar-refractivity contribution in [1.29, 1.82) is 0 Å². The van der Waals surface area contributed by atoms with E-state index in [1.807, 2.05) is 19.1 Å². The van der Waals surface area contributed by atoms with Crippen molar-refractivity contribution in [3.63, 3.8) is 0 Å². The fraction of sp³-hybridized carbons (Fsp3) is 0.250. The van der Waals surface area contributed by atoms with Gasteiger partial charge in [0.25, 0.3) is 0 Å². The lowest BCUT2D eigenvalue weighted by atomic mass is 10.5. The second-order valence-corrected chi connectivity index (χ2v) is 2.64. The number of rotatable bonds is 3. The Morgan fingerprint density at radius 3 is 3.08 bits per heavy atom. The summed E-state index contributed by atoms with van der Waals surface area (Å²) in [7, 11) is 0. The summed E-state index contributed by atoms with van der Waals surface area (Å²) < 4.78 is 5.21. The SMILES string of the molecule is C/C=C/COc1ncnc(N)c1Cl. The average molecular weight is 200 g/mol. The van der Waals surface area contributed by atoms with Crippen molar-refractivity contribution in [2.75, 3.05) is 12.3 Å². The quantitative estimate of drug-likeness (QED) is 0.753. The Hall–Kier alpha value is -1.29. The number of anilines is 1. The van der Waals surface area contributed by atoms with Crippen molar-refractivity contribution in [2.24, 2.45) is 0 Å². The monoisotopic (exact) mass is 199 g/mol. The molecule has 0 saturated heterocycles. The number of hydrogen-bond donors (Lipinski definition) is 1. The van der Waals surface area contributed by atoms with Crippen LogP contribution in [0.15, 0.2) is 18.5 Å². The molecule has 0 spiro atoms. The lowest BCUT2D eigenvalue weighted by molar-refractivity contribution is 0.348. The highest BCUT2D eigenvalue weighted by Gasteiger charge is 2.05.